The van der Waals surface area contributed by atoms with Gasteiger partial charge in [-0.1, -0.05) is 20.3 Å². The van der Waals surface area contributed by atoms with Crippen LogP contribution in [-0.4, -0.2) is 30.0 Å². The molecule has 2 atom stereocenters. The molecule has 0 amide bonds. The zero-order valence-corrected chi connectivity index (χ0v) is 7.21. The van der Waals surface area contributed by atoms with Crippen molar-refractivity contribution in [3.8, 4) is 0 Å². The molecule has 1 heterocycles. The fourth-order valence-electron chi connectivity index (χ4n) is 1.29. The molecule has 0 radical (unpaired) electrons. The minimum absolute atomic E-state index is 0.138. The minimum atomic E-state index is -0.741. The summed E-state index contributed by atoms with van der Waals surface area (Å²) in [7, 11) is 0. The van der Waals surface area contributed by atoms with E-state index in [1.54, 1.807) is 0 Å². The number of nitrogens with two attached hydrogens (primary N) is 1. The first-order chi connectivity index (χ1) is 5.10. The van der Waals surface area contributed by atoms with Crippen molar-refractivity contribution in [3.05, 3.63) is 0 Å². The molecule has 1 saturated heterocycles. The molecule has 0 aliphatic carbocycles. The van der Waals surface area contributed by atoms with Crippen LogP contribution in [0.5, 0.6) is 0 Å². The Kier molecular flexibility index (Phi) is 2.52. The second-order valence-electron chi connectivity index (χ2n) is 3.51. The Bertz CT molecular complexity index is 134. The van der Waals surface area contributed by atoms with Gasteiger partial charge in [-0.25, -0.2) is 0 Å². The van der Waals surface area contributed by atoms with Gasteiger partial charge in [0.2, 0.25) is 0 Å². The molecular weight excluding hydrogens is 142 g/mol. The summed E-state index contributed by atoms with van der Waals surface area (Å²) in [5, 5.41) is 9.73. The molecular formula is C8H17NO2. The average molecular weight is 159 g/mol. The lowest BCUT2D eigenvalue weighted by molar-refractivity contribution is -0.195. The molecule has 3 heteroatoms. The second kappa shape index (κ2) is 3.09. The molecule has 3 nitrogen and oxygen atoms in total. The van der Waals surface area contributed by atoms with E-state index >= 15 is 0 Å². The third-order valence-corrected chi connectivity index (χ3v) is 2.58. The highest BCUT2D eigenvalue weighted by Gasteiger charge is 2.43. The van der Waals surface area contributed by atoms with Gasteiger partial charge in [0, 0.05) is 6.04 Å². The Hall–Kier alpha value is -0.120. The molecule has 0 unspecified atom stereocenters. The zero-order valence-electron chi connectivity index (χ0n) is 7.21. The van der Waals surface area contributed by atoms with Crippen LogP contribution in [0.1, 0.15) is 20.3 Å². The summed E-state index contributed by atoms with van der Waals surface area (Å²) in [5.74, 6) is 0.365. The van der Waals surface area contributed by atoms with Crippen molar-refractivity contribution in [2.24, 2.45) is 11.7 Å². The maximum Gasteiger partial charge on any atom is 0.126 e. The fraction of sp³-hybridized carbons (Fsp3) is 1.00. The van der Waals surface area contributed by atoms with Gasteiger partial charge in [-0.2, -0.15) is 0 Å². The molecule has 1 aliphatic heterocycles. The Morgan fingerprint density at radius 3 is 2.45 bits per heavy atom. The highest BCUT2D eigenvalue weighted by Crippen LogP contribution is 2.25. The lowest BCUT2D eigenvalue weighted by Gasteiger charge is -2.43. The van der Waals surface area contributed by atoms with Crippen molar-refractivity contribution in [2.75, 3.05) is 13.2 Å². The zero-order chi connectivity index (χ0) is 8.48. The summed E-state index contributed by atoms with van der Waals surface area (Å²) in [5.41, 5.74) is 5.10. The van der Waals surface area contributed by atoms with Crippen molar-refractivity contribution < 1.29 is 9.84 Å². The van der Waals surface area contributed by atoms with E-state index in [0.29, 0.717) is 19.1 Å². The summed E-state index contributed by atoms with van der Waals surface area (Å²) in [6.07, 6.45) is 1.00. The lowest BCUT2D eigenvalue weighted by atomic mass is 9.83. The maximum atomic E-state index is 9.73. The van der Waals surface area contributed by atoms with Crippen molar-refractivity contribution in [2.45, 2.75) is 31.9 Å². The summed E-state index contributed by atoms with van der Waals surface area (Å²) in [6, 6.07) is -0.138. The van der Waals surface area contributed by atoms with Crippen molar-refractivity contribution >= 4 is 0 Å². The molecule has 0 aromatic heterocycles. The van der Waals surface area contributed by atoms with Crippen LogP contribution in [0.4, 0.5) is 0 Å². The van der Waals surface area contributed by atoms with E-state index < -0.39 is 5.60 Å². The van der Waals surface area contributed by atoms with Gasteiger partial charge in [0.15, 0.2) is 0 Å². The Morgan fingerprint density at radius 1 is 1.64 bits per heavy atom. The second-order valence-corrected chi connectivity index (χ2v) is 3.51. The monoisotopic (exact) mass is 159 g/mol. The average Bonchev–Trinajstić information content (AvgIpc) is 1.97. The fourth-order valence-corrected chi connectivity index (χ4v) is 1.29. The van der Waals surface area contributed by atoms with E-state index in [-0.39, 0.29) is 6.04 Å². The van der Waals surface area contributed by atoms with Crippen LogP contribution in [-0.2, 0) is 4.74 Å². The number of aliphatic hydroxyl groups is 1. The predicted octanol–water partition coefficient (Wildman–Crippen LogP) is 0.121. The molecule has 1 aliphatic rings. The molecule has 0 spiro atoms. The molecule has 0 saturated carbocycles. The molecule has 3 N–H and O–H groups in total. The first kappa shape index (κ1) is 8.97. The van der Waals surface area contributed by atoms with E-state index in [0.717, 1.165) is 6.42 Å². The predicted molar refractivity (Wildman–Crippen MR) is 43.2 cm³/mol. The first-order valence-corrected chi connectivity index (χ1v) is 4.16. The quantitative estimate of drug-likeness (QED) is 0.615. The molecule has 66 valence electrons. The summed E-state index contributed by atoms with van der Waals surface area (Å²) >= 11 is 0. The van der Waals surface area contributed by atoms with Crippen LogP contribution in [0.3, 0.4) is 0 Å². The highest BCUT2D eigenvalue weighted by molar-refractivity contribution is 4.96. The van der Waals surface area contributed by atoms with Crippen molar-refractivity contribution in [3.63, 3.8) is 0 Å². The SMILES string of the molecule is CC[C@H](C)[C@@H](N)C1(O)COC1. The molecule has 1 fully saturated rings. The van der Waals surface area contributed by atoms with Gasteiger partial charge in [0.1, 0.15) is 5.60 Å². The van der Waals surface area contributed by atoms with Crippen LogP contribution in [0, 0.1) is 5.92 Å². The molecule has 0 aromatic rings. The lowest BCUT2D eigenvalue weighted by Crippen LogP contribution is -2.63. The topological polar surface area (TPSA) is 55.5 Å². The number of ether oxygens (including phenoxy) is 1. The van der Waals surface area contributed by atoms with Gasteiger partial charge >= 0.3 is 0 Å². The Morgan fingerprint density at radius 2 is 2.18 bits per heavy atom. The third-order valence-electron chi connectivity index (χ3n) is 2.58. The first-order valence-electron chi connectivity index (χ1n) is 4.16. The maximum absolute atomic E-state index is 9.73. The van der Waals surface area contributed by atoms with Crippen molar-refractivity contribution in [1.82, 2.24) is 0 Å². The summed E-state index contributed by atoms with van der Waals surface area (Å²) < 4.78 is 4.92. The number of rotatable bonds is 3. The molecule has 0 aromatic carbocycles. The normalized spacial score (nSPS) is 27.3. The largest absolute Gasteiger partial charge is 0.383 e. The number of hydrogen-bond acceptors (Lipinski definition) is 3. The standard InChI is InChI=1S/C8H17NO2/c1-3-6(2)7(9)8(10)4-11-5-8/h6-7,10H,3-5,9H2,1-2H3/t6-,7+/m0/s1. The van der Waals surface area contributed by atoms with Crippen LogP contribution < -0.4 is 5.73 Å². The van der Waals surface area contributed by atoms with E-state index in [2.05, 4.69) is 13.8 Å². The molecule has 11 heavy (non-hydrogen) atoms. The minimum Gasteiger partial charge on any atom is -0.383 e. The van der Waals surface area contributed by atoms with Crippen LogP contribution >= 0.6 is 0 Å². The van der Waals surface area contributed by atoms with E-state index in [9.17, 15) is 5.11 Å². The van der Waals surface area contributed by atoms with Gasteiger partial charge in [-0.05, 0) is 5.92 Å². The van der Waals surface area contributed by atoms with Gasteiger partial charge in [0.25, 0.3) is 0 Å². The van der Waals surface area contributed by atoms with Crippen LogP contribution in [0.15, 0.2) is 0 Å². The highest BCUT2D eigenvalue weighted by atomic mass is 16.5. The van der Waals surface area contributed by atoms with Crippen LogP contribution in [0.25, 0.3) is 0 Å². The summed E-state index contributed by atoms with van der Waals surface area (Å²) in [6.45, 7) is 4.94. The Labute approximate surface area is 67.5 Å². The molecule has 1 rings (SSSR count). The Balaban J connectivity index is 2.45. The van der Waals surface area contributed by atoms with E-state index in [1.807, 2.05) is 0 Å². The van der Waals surface area contributed by atoms with Crippen molar-refractivity contribution in [1.29, 1.82) is 0 Å². The van der Waals surface area contributed by atoms with Gasteiger partial charge in [-0.15, -0.1) is 0 Å². The van der Waals surface area contributed by atoms with E-state index in [1.165, 1.54) is 0 Å². The molecule has 0 bridgehead atoms. The van der Waals surface area contributed by atoms with Gasteiger partial charge in [0.05, 0.1) is 13.2 Å². The number of hydrogen-bond donors (Lipinski definition) is 2. The van der Waals surface area contributed by atoms with Gasteiger partial charge < -0.3 is 15.6 Å². The van der Waals surface area contributed by atoms with Gasteiger partial charge in [-0.3, -0.25) is 0 Å². The van der Waals surface area contributed by atoms with Crippen LogP contribution in [0.2, 0.25) is 0 Å². The smallest absolute Gasteiger partial charge is 0.126 e. The summed E-state index contributed by atoms with van der Waals surface area (Å²) in [4.78, 5) is 0. The van der Waals surface area contributed by atoms with E-state index in [4.69, 9.17) is 10.5 Å². The third kappa shape index (κ3) is 1.55.